The first-order valence-corrected chi connectivity index (χ1v) is 5.50. The van der Waals surface area contributed by atoms with E-state index in [4.69, 9.17) is 23.2 Å². The van der Waals surface area contributed by atoms with Gasteiger partial charge in [0.1, 0.15) is 5.78 Å². The minimum Gasteiger partial charge on any atom is -0.319 e. The number of hydrogen-bond acceptors (Lipinski definition) is 2. The van der Waals surface area contributed by atoms with Crippen LogP contribution in [0.2, 0.25) is 10.0 Å². The molecule has 0 fully saturated rings. The number of nitrogens with one attached hydrogen (secondary N) is 1. The summed E-state index contributed by atoms with van der Waals surface area (Å²) in [7, 11) is 1.82. The highest BCUT2D eigenvalue weighted by Gasteiger charge is 2.08. The molecule has 1 rings (SSSR count). The molecule has 1 N–H and O–H groups in total. The van der Waals surface area contributed by atoms with E-state index in [0.717, 1.165) is 5.56 Å². The Labute approximate surface area is 99.6 Å². The molecule has 0 spiro atoms. The number of carbonyl (C=O) groups is 1. The quantitative estimate of drug-likeness (QED) is 0.865. The van der Waals surface area contributed by atoms with Crippen molar-refractivity contribution in [1.29, 1.82) is 0 Å². The summed E-state index contributed by atoms with van der Waals surface area (Å²) in [5.74, 6) is 0.161. The maximum atomic E-state index is 11.5. The fourth-order valence-electron chi connectivity index (χ4n) is 1.25. The fourth-order valence-corrected chi connectivity index (χ4v) is 1.64. The van der Waals surface area contributed by atoms with Crippen LogP contribution in [0, 0.1) is 0 Å². The molecule has 2 nitrogen and oxygen atoms in total. The summed E-state index contributed by atoms with van der Waals surface area (Å²) in [5, 5.41) is 3.91. The minimum absolute atomic E-state index is 0.161. The summed E-state index contributed by atoms with van der Waals surface area (Å²) in [6.45, 7) is 0.691. The predicted molar refractivity (Wildman–Crippen MR) is 63.7 cm³/mol. The van der Waals surface area contributed by atoms with Crippen LogP contribution in [0.15, 0.2) is 18.2 Å². The van der Waals surface area contributed by atoms with Gasteiger partial charge in [-0.25, -0.2) is 0 Å². The number of carbonyl (C=O) groups excluding carboxylic acids is 1. The van der Waals surface area contributed by atoms with E-state index in [1.54, 1.807) is 12.1 Å². The molecule has 0 saturated carbocycles. The number of hydrogen-bond donors (Lipinski definition) is 1. The summed E-state index contributed by atoms with van der Waals surface area (Å²) < 4.78 is 0. The standard InChI is InChI=1S/C11H13Cl2NO/c1-14-6-5-9(15)7-8-3-2-4-10(12)11(8)13/h2-4,14H,5-7H2,1H3. The van der Waals surface area contributed by atoms with Crippen LogP contribution in [0.25, 0.3) is 0 Å². The lowest BCUT2D eigenvalue weighted by Crippen LogP contribution is -2.14. The van der Waals surface area contributed by atoms with E-state index in [-0.39, 0.29) is 5.78 Å². The average molecular weight is 246 g/mol. The number of halogens is 2. The molecule has 0 aliphatic heterocycles. The Bertz CT molecular complexity index is 352. The number of Topliss-reactive ketones (excluding diaryl/α,β-unsaturated/α-hetero) is 1. The van der Waals surface area contributed by atoms with E-state index in [2.05, 4.69) is 5.32 Å². The third-order valence-electron chi connectivity index (χ3n) is 2.07. The van der Waals surface area contributed by atoms with Gasteiger partial charge >= 0.3 is 0 Å². The summed E-state index contributed by atoms with van der Waals surface area (Å²) in [6, 6.07) is 5.34. The molecule has 1 aromatic carbocycles. The van der Waals surface area contributed by atoms with E-state index in [1.165, 1.54) is 0 Å². The predicted octanol–water partition coefficient (Wildman–Crippen LogP) is 2.71. The Kier molecular flexibility index (Phi) is 5.09. The first-order valence-electron chi connectivity index (χ1n) is 4.74. The summed E-state index contributed by atoms with van der Waals surface area (Å²) in [5.41, 5.74) is 0.797. The van der Waals surface area contributed by atoms with Crippen molar-refractivity contribution in [2.75, 3.05) is 13.6 Å². The highest BCUT2D eigenvalue weighted by Crippen LogP contribution is 2.25. The van der Waals surface area contributed by atoms with Crippen LogP contribution in [-0.4, -0.2) is 19.4 Å². The molecule has 15 heavy (non-hydrogen) atoms. The van der Waals surface area contributed by atoms with Crippen LogP contribution in [0.4, 0.5) is 0 Å². The first kappa shape index (κ1) is 12.5. The molecule has 1 aromatic rings. The molecule has 0 aliphatic carbocycles. The topological polar surface area (TPSA) is 29.1 Å². The second-order valence-electron chi connectivity index (χ2n) is 3.28. The van der Waals surface area contributed by atoms with Crippen LogP contribution in [-0.2, 0) is 11.2 Å². The molecule has 0 saturated heterocycles. The van der Waals surface area contributed by atoms with Gasteiger partial charge in [0.2, 0.25) is 0 Å². The van der Waals surface area contributed by atoms with Crippen molar-refractivity contribution in [2.24, 2.45) is 0 Å². The lowest BCUT2D eigenvalue weighted by molar-refractivity contribution is -0.118. The zero-order valence-electron chi connectivity index (χ0n) is 8.52. The van der Waals surface area contributed by atoms with E-state index in [9.17, 15) is 4.79 Å². The van der Waals surface area contributed by atoms with Crippen molar-refractivity contribution >= 4 is 29.0 Å². The van der Waals surface area contributed by atoms with Gasteiger partial charge in [0.25, 0.3) is 0 Å². The Hall–Kier alpha value is -0.570. The van der Waals surface area contributed by atoms with E-state index in [1.807, 2.05) is 13.1 Å². The molecule has 82 valence electrons. The van der Waals surface area contributed by atoms with Crippen molar-refractivity contribution in [2.45, 2.75) is 12.8 Å². The van der Waals surface area contributed by atoms with Gasteiger partial charge in [0, 0.05) is 19.4 Å². The van der Waals surface area contributed by atoms with Crippen molar-refractivity contribution < 1.29 is 4.79 Å². The number of benzene rings is 1. The van der Waals surface area contributed by atoms with Crippen LogP contribution in [0.3, 0.4) is 0 Å². The highest BCUT2D eigenvalue weighted by atomic mass is 35.5. The van der Waals surface area contributed by atoms with Gasteiger partial charge in [-0.2, -0.15) is 0 Å². The number of ketones is 1. The van der Waals surface area contributed by atoms with Gasteiger partial charge in [-0.1, -0.05) is 35.3 Å². The molecule has 0 aliphatic rings. The van der Waals surface area contributed by atoms with E-state index >= 15 is 0 Å². The third kappa shape index (κ3) is 3.82. The third-order valence-corrected chi connectivity index (χ3v) is 2.93. The molecule has 0 unspecified atom stereocenters. The Morgan fingerprint density at radius 2 is 2.13 bits per heavy atom. The smallest absolute Gasteiger partial charge is 0.138 e. The molecular formula is C11H13Cl2NO. The average Bonchev–Trinajstić information content (AvgIpc) is 2.22. The van der Waals surface area contributed by atoms with Gasteiger partial charge in [-0.15, -0.1) is 0 Å². The van der Waals surface area contributed by atoms with Gasteiger partial charge in [0.15, 0.2) is 0 Å². The molecule has 0 heterocycles. The lowest BCUT2D eigenvalue weighted by atomic mass is 10.1. The van der Waals surface area contributed by atoms with Crippen molar-refractivity contribution in [3.63, 3.8) is 0 Å². The SMILES string of the molecule is CNCCC(=O)Cc1cccc(Cl)c1Cl. The van der Waals surface area contributed by atoms with Gasteiger partial charge in [-0.05, 0) is 18.7 Å². The Morgan fingerprint density at radius 3 is 2.80 bits per heavy atom. The zero-order valence-corrected chi connectivity index (χ0v) is 10.0. The second-order valence-corrected chi connectivity index (χ2v) is 4.07. The fraction of sp³-hybridized carbons (Fsp3) is 0.364. The molecule has 0 aromatic heterocycles. The second kappa shape index (κ2) is 6.11. The zero-order chi connectivity index (χ0) is 11.3. The Morgan fingerprint density at radius 1 is 1.40 bits per heavy atom. The lowest BCUT2D eigenvalue weighted by Gasteiger charge is -2.04. The van der Waals surface area contributed by atoms with Gasteiger partial charge in [-0.3, -0.25) is 4.79 Å². The summed E-state index contributed by atoms with van der Waals surface area (Å²) in [6.07, 6.45) is 0.862. The normalized spacial score (nSPS) is 10.3. The molecular weight excluding hydrogens is 233 g/mol. The maximum Gasteiger partial charge on any atom is 0.138 e. The van der Waals surface area contributed by atoms with Gasteiger partial charge in [0.05, 0.1) is 10.0 Å². The monoisotopic (exact) mass is 245 g/mol. The number of rotatable bonds is 5. The largest absolute Gasteiger partial charge is 0.319 e. The van der Waals surface area contributed by atoms with E-state index < -0.39 is 0 Å². The Balaban J connectivity index is 2.64. The molecule has 0 amide bonds. The van der Waals surface area contributed by atoms with E-state index in [0.29, 0.717) is 29.4 Å². The highest BCUT2D eigenvalue weighted by molar-refractivity contribution is 6.42. The van der Waals surface area contributed by atoms with Crippen molar-refractivity contribution in [3.05, 3.63) is 33.8 Å². The van der Waals surface area contributed by atoms with Crippen LogP contribution in [0.5, 0.6) is 0 Å². The van der Waals surface area contributed by atoms with Gasteiger partial charge < -0.3 is 5.32 Å². The van der Waals surface area contributed by atoms with Crippen LogP contribution < -0.4 is 5.32 Å². The molecule has 0 atom stereocenters. The molecule has 0 bridgehead atoms. The van der Waals surface area contributed by atoms with Crippen LogP contribution >= 0.6 is 23.2 Å². The first-order chi connectivity index (χ1) is 7.15. The molecule has 4 heteroatoms. The van der Waals surface area contributed by atoms with Crippen LogP contribution in [0.1, 0.15) is 12.0 Å². The summed E-state index contributed by atoms with van der Waals surface area (Å²) >= 11 is 11.8. The van der Waals surface area contributed by atoms with Crippen molar-refractivity contribution in [3.8, 4) is 0 Å². The molecule has 0 radical (unpaired) electrons. The minimum atomic E-state index is 0.161. The maximum absolute atomic E-state index is 11.5. The van der Waals surface area contributed by atoms with Crippen molar-refractivity contribution in [1.82, 2.24) is 5.32 Å². The summed E-state index contributed by atoms with van der Waals surface area (Å²) in [4.78, 5) is 11.5.